The Labute approximate surface area is 180 Å². The summed E-state index contributed by atoms with van der Waals surface area (Å²) in [4.78, 5) is 6.92. The lowest BCUT2D eigenvalue weighted by atomic mass is 10.1. The Morgan fingerprint density at radius 1 is 1.30 bits per heavy atom. The van der Waals surface area contributed by atoms with E-state index in [1.165, 1.54) is 0 Å². The monoisotopic (exact) mass is 509 g/mol. The first-order chi connectivity index (χ1) is 12.2. The molecule has 154 valence electrons. The molecule has 1 aliphatic rings. The zero-order chi connectivity index (χ0) is 19.3. The first-order valence-corrected chi connectivity index (χ1v) is 10.6. The third-order valence-corrected chi connectivity index (χ3v) is 5.80. The van der Waals surface area contributed by atoms with Crippen molar-refractivity contribution >= 4 is 40.0 Å². The van der Waals surface area contributed by atoms with Gasteiger partial charge in [-0.1, -0.05) is 19.1 Å². The predicted molar refractivity (Wildman–Crippen MR) is 121 cm³/mol. The number of sulfonamides is 1. The Morgan fingerprint density at radius 2 is 1.93 bits per heavy atom. The van der Waals surface area contributed by atoms with E-state index in [0.717, 1.165) is 31.0 Å². The highest BCUT2D eigenvalue weighted by Crippen LogP contribution is 2.18. The van der Waals surface area contributed by atoms with Crippen molar-refractivity contribution in [3.63, 3.8) is 0 Å². The lowest BCUT2D eigenvalue weighted by molar-refractivity contribution is 0.265. The van der Waals surface area contributed by atoms with Crippen LogP contribution in [0.2, 0.25) is 0 Å². The molecule has 0 aromatic heterocycles. The van der Waals surface area contributed by atoms with Crippen molar-refractivity contribution < 1.29 is 8.42 Å². The van der Waals surface area contributed by atoms with Gasteiger partial charge in [-0.05, 0) is 43.9 Å². The highest BCUT2D eigenvalue weighted by Gasteiger charge is 2.31. The number of likely N-dealkylation sites (tertiary alicyclic amines) is 1. The molecule has 1 aliphatic heterocycles. The Morgan fingerprint density at radius 3 is 2.41 bits per heavy atom. The van der Waals surface area contributed by atoms with E-state index >= 15 is 0 Å². The molecule has 27 heavy (non-hydrogen) atoms. The van der Waals surface area contributed by atoms with Gasteiger partial charge in [0.05, 0.1) is 4.90 Å². The second-order valence-corrected chi connectivity index (χ2v) is 8.78. The van der Waals surface area contributed by atoms with Crippen molar-refractivity contribution in [2.24, 2.45) is 16.0 Å². The summed E-state index contributed by atoms with van der Waals surface area (Å²) in [5, 5.41) is 12.0. The van der Waals surface area contributed by atoms with Crippen LogP contribution >= 0.6 is 24.0 Å². The number of hydrogen-bond donors (Lipinski definition) is 3. The fraction of sp³-hybridized carbons (Fsp3) is 0.611. The fourth-order valence-corrected chi connectivity index (χ4v) is 3.67. The van der Waals surface area contributed by atoms with Crippen LogP contribution in [-0.2, 0) is 16.4 Å². The summed E-state index contributed by atoms with van der Waals surface area (Å²) in [6, 6.07) is 7.60. The maximum atomic E-state index is 11.3. The third-order valence-electron chi connectivity index (χ3n) is 4.87. The van der Waals surface area contributed by atoms with Crippen molar-refractivity contribution in [2.75, 3.05) is 26.7 Å². The van der Waals surface area contributed by atoms with E-state index in [9.17, 15) is 8.42 Å². The second-order valence-electron chi connectivity index (χ2n) is 7.21. The highest BCUT2D eigenvalue weighted by molar-refractivity contribution is 14.0. The predicted octanol–water partition coefficient (Wildman–Crippen LogP) is 1.39. The van der Waals surface area contributed by atoms with Gasteiger partial charge in [0.1, 0.15) is 0 Å². The van der Waals surface area contributed by atoms with Gasteiger partial charge < -0.3 is 10.6 Å². The topological polar surface area (TPSA) is 99.8 Å². The molecule has 0 aliphatic carbocycles. The minimum absolute atomic E-state index is 0. The number of aliphatic imine (C=N–C) groups is 1. The Bertz CT molecular complexity index is 722. The van der Waals surface area contributed by atoms with Crippen molar-refractivity contribution in [3.05, 3.63) is 29.8 Å². The lowest BCUT2D eigenvalue weighted by Crippen LogP contribution is -2.47. The van der Waals surface area contributed by atoms with Crippen LogP contribution in [-0.4, -0.2) is 58.0 Å². The van der Waals surface area contributed by atoms with Crippen LogP contribution in [0.5, 0.6) is 0 Å². The van der Waals surface area contributed by atoms with Gasteiger partial charge >= 0.3 is 0 Å². The number of hydrogen-bond acceptors (Lipinski definition) is 4. The van der Waals surface area contributed by atoms with E-state index in [0.29, 0.717) is 24.5 Å². The van der Waals surface area contributed by atoms with Gasteiger partial charge in [0.15, 0.2) is 5.96 Å². The first kappa shape index (κ1) is 24.1. The average Bonchev–Trinajstić information content (AvgIpc) is 2.94. The normalized spacial score (nSPS) is 21.2. The molecule has 1 fully saturated rings. The highest BCUT2D eigenvalue weighted by atomic mass is 127. The molecule has 0 amide bonds. The van der Waals surface area contributed by atoms with Crippen LogP contribution in [0.25, 0.3) is 0 Å². The number of halogens is 1. The molecule has 1 saturated heterocycles. The van der Waals surface area contributed by atoms with Gasteiger partial charge in [-0.2, -0.15) is 0 Å². The Balaban J connectivity index is 0.00000364. The number of rotatable bonds is 6. The Kier molecular flexibility index (Phi) is 9.46. The first-order valence-electron chi connectivity index (χ1n) is 9.03. The zero-order valence-electron chi connectivity index (χ0n) is 16.5. The van der Waals surface area contributed by atoms with Gasteiger partial charge in [0.25, 0.3) is 0 Å². The molecule has 0 bridgehead atoms. The maximum absolute atomic E-state index is 11.3. The number of guanidine groups is 1. The average molecular weight is 509 g/mol. The van der Waals surface area contributed by atoms with Crippen LogP contribution in [0.3, 0.4) is 0 Å². The van der Waals surface area contributed by atoms with E-state index in [2.05, 4.69) is 41.3 Å². The molecule has 0 saturated carbocycles. The fourth-order valence-electron chi connectivity index (χ4n) is 3.16. The molecule has 2 atom stereocenters. The van der Waals surface area contributed by atoms with Gasteiger partial charge in [0.2, 0.25) is 10.0 Å². The number of nitrogens with zero attached hydrogens (tertiary/aromatic N) is 2. The van der Waals surface area contributed by atoms with Crippen LogP contribution in [0, 0.1) is 5.92 Å². The quantitative estimate of drug-likeness (QED) is 0.306. The Hall–Kier alpha value is -0.910. The lowest BCUT2D eigenvalue weighted by Gasteiger charge is -2.22. The van der Waals surface area contributed by atoms with E-state index in [-0.39, 0.29) is 28.9 Å². The molecular formula is C18H32IN5O2S. The molecule has 1 aromatic rings. The smallest absolute Gasteiger partial charge is 0.238 e. The van der Waals surface area contributed by atoms with E-state index < -0.39 is 10.0 Å². The van der Waals surface area contributed by atoms with E-state index in [1.807, 2.05) is 0 Å². The van der Waals surface area contributed by atoms with Crippen molar-refractivity contribution in [2.45, 2.75) is 44.2 Å². The van der Waals surface area contributed by atoms with Crippen molar-refractivity contribution in [1.82, 2.24) is 15.5 Å². The van der Waals surface area contributed by atoms with Crippen LogP contribution in [0.1, 0.15) is 26.3 Å². The number of primary sulfonamides is 1. The third kappa shape index (κ3) is 7.20. The molecule has 7 nitrogen and oxygen atoms in total. The molecular weight excluding hydrogens is 477 g/mol. The summed E-state index contributed by atoms with van der Waals surface area (Å²) in [6.45, 7) is 9.55. The molecule has 2 unspecified atom stereocenters. The molecule has 2 rings (SSSR count). The van der Waals surface area contributed by atoms with Crippen LogP contribution in [0.15, 0.2) is 34.2 Å². The summed E-state index contributed by atoms with van der Waals surface area (Å²) in [6.07, 6.45) is 0.768. The number of nitrogens with two attached hydrogens (primary N) is 1. The van der Waals surface area contributed by atoms with Gasteiger partial charge in [-0.25, -0.2) is 13.6 Å². The van der Waals surface area contributed by atoms with Crippen LogP contribution < -0.4 is 15.8 Å². The zero-order valence-corrected chi connectivity index (χ0v) is 19.6. The largest absolute Gasteiger partial charge is 0.356 e. The van der Waals surface area contributed by atoms with E-state index in [4.69, 9.17) is 5.14 Å². The van der Waals surface area contributed by atoms with Crippen molar-refractivity contribution in [3.8, 4) is 0 Å². The van der Waals surface area contributed by atoms with Gasteiger partial charge in [0, 0.05) is 38.8 Å². The minimum Gasteiger partial charge on any atom is -0.356 e. The SMILES string of the molecule is CN=C(NCCc1ccc(S(N)(=O)=O)cc1)NC1CN(C(C)C)CC1C.I. The second kappa shape index (κ2) is 10.6. The maximum Gasteiger partial charge on any atom is 0.238 e. The molecule has 0 radical (unpaired) electrons. The van der Waals surface area contributed by atoms with Crippen molar-refractivity contribution in [1.29, 1.82) is 0 Å². The molecule has 9 heteroatoms. The minimum atomic E-state index is -3.64. The molecule has 0 spiro atoms. The number of nitrogens with one attached hydrogen (secondary N) is 2. The summed E-state index contributed by atoms with van der Waals surface area (Å²) < 4.78 is 22.6. The number of benzene rings is 1. The molecule has 1 heterocycles. The van der Waals surface area contributed by atoms with Gasteiger partial charge in [-0.15, -0.1) is 24.0 Å². The van der Waals surface area contributed by atoms with Gasteiger partial charge in [-0.3, -0.25) is 9.89 Å². The summed E-state index contributed by atoms with van der Waals surface area (Å²) in [7, 11) is -1.86. The summed E-state index contributed by atoms with van der Waals surface area (Å²) in [5.41, 5.74) is 1.04. The summed E-state index contributed by atoms with van der Waals surface area (Å²) in [5.74, 6) is 1.37. The summed E-state index contributed by atoms with van der Waals surface area (Å²) >= 11 is 0. The standard InChI is InChI=1S/C18H31N5O2S.HI/c1-13(2)23-11-14(3)17(12-23)22-18(20-4)21-10-9-15-5-7-16(8-6-15)26(19,24)25;/h5-8,13-14,17H,9-12H2,1-4H3,(H2,19,24,25)(H2,20,21,22);1H. The van der Waals surface area contributed by atoms with E-state index in [1.54, 1.807) is 31.3 Å². The molecule has 1 aromatic carbocycles. The molecule has 4 N–H and O–H groups in total. The van der Waals surface area contributed by atoms with Crippen LogP contribution in [0.4, 0.5) is 0 Å².